The molecule has 19 heavy (non-hydrogen) atoms. The Bertz CT molecular complexity index is 592. The van der Waals surface area contributed by atoms with Crippen LogP contribution in [0.5, 0.6) is 0 Å². The lowest BCUT2D eigenvalue weighted by molar-refractivity contribution is 0.0844. The number of aromatic nitrogens is 1. The molecule has 3 rings (SSSR count). The minimum absolute atomic E-state index is 0.180. The predicted molar refractivity (Wildman–Crippen MR) is 82.5 cm³/mol. The molecule has 0 N–H and O–H groups in total. The molecule has 2 nitrogen and oxygen atoms in total. The first-order chi connectivity index (χ1) is 9.20. The number of aryl methyl sites for hydroxylation is 1. The van der Waals surface area contributed by atoms with Crippen molar-refractivity contribution in [3.05, 3.63) is 38.6 Å². The first kappa shape index (κ1) is 13.3. The maximum absolute atomic E-state index is 5.63. The highest BCUT2D eigenvalue weighted by molar-refractivity contribution is 9.10. The second-order valence-electron chi connectivity index (χ2n) is 4.93. The molecular formula is C15H16BrNOS. The smallest absolute Gasteiger partial charge is 0.123 e. The van der Waals surface area contributed by atoms with Crippen molar-refractivity contribution in [3.8, 4) is 11.3 Å². The molecular weight excluding hydrogens is 322 g/mol. The molecule has 1 heterocycles. The minimum Gasteiger partial charge on any atom is -0.374 e. The molecule has 0 spiro atoms. The van der Waals surface area contributed by atoms with Crippen molar-refractivity contribution >= 4 is 27.3 Å². The largest absolute Gasteiger partial charge is 0.374 e. The van der Waals surface area contributed by atoms with Crippen LogP contribution in [0.4, 0.5) is 0 Å². The number of rotatable bonds is 4. The Morgan fingerprint density at radius 2 is 2.11 bits per heavy atom. The average molecular weight is 338 g/mol. The van der Waals surface area contributed by atoms with Gasteiger partial charge in [-0.05, 0) is 31.7 Å². The van der Waals surface area contributed by atoms with Crippen molar-refractivity contribution in [3.63, 3.8) is 0 Å². The fraction of sp³-hybridized carbons (Fsp3) is 0.400. The minimum atomic E-state index is 0.180. The highest BCUT2D eigenvalue weighted by Gasteiger charge is 2.34. The first-order valence-corrected chi connectivity index (χ1v) is 8.06. The van der Waals surface area contributed by atoms with Gasteiger partial charge < -0.3 is 4.74 Å². The van der Waals surface area contributed by atoms with E-state index in [1.54, 1.807) is 18.4 Å². The van der Waals surface area contributed by atoms with Gasteiger partial charge in [0.15, 0.2) is 0 Å². The van der Waals surface area contributed by atoms with E-state index in [9.17, 15) is 0 Å². The van der Waals surface area contributed by atoms with E-state index in [1.807, 2.05) is 12.1 Å². The fourth-order valence-electron chi connectivity index (χ4n) is 2.34. The molecule has 0 bridgehead atoms. The summed E-state index contributed by atoms with van der Waals surface area (Å²) in [5.41, 5.74) is 2.24. The van der Waals surface area contributed by atoms with Gasteiger partial charge in [-0.15, -0.1) is 11.3 Å². The van der Waals surface area contributed by atoms with Gasteiger partial charge in [0, 0.05) is 22.0 Å². The van der Waals surface area contributed by atoms with Crippen LogP contribution in [0, 0.1) is 12.8 Å². The second-order valence-corrected chi connectivity index (χ2v) is 7.02. The van der Waals surface area contributed by atoms with Crippen LogP contribution in [0.3, 0.4) is 0 Å². The Hall–Kier alpha value is -0.710. The van der Waals surface area contributed by atoms with Gasteiger partial charge in [0.25, 0.3) is 0 Å². The van der Waals surface area contributed by atoms with Crippen LogP contribution in [0.15, 0.2) is 28.7 Å². The van der Waals surface area contributed by atoms with Crippen LogP contribution in [0.2, 0.25) is 0 Å². The molecule has 0 amide bonds. The summed E-state index contributed by atoms with van der Waals surface area (Å²) < 4.78 is 6.72. The van der Waals surface area contributed by atoms with Crippen molar-refractivity contribution in [1.82, 2.24) is 4.98 Å². The highest BCUT2D eigenvalue weighted by Crippen LogP contribution is 2.45. The maximum atomic E-state index is 5.63. The number of nitrogens with zero attached hydrogens (tertiary/aromatic N) is 1. The lowest BCUT2D eigenvalue weighted by Gasteiger charge is -2.10. The molecule has 0 saturated heterocycles. The van der Waals surface area contributed by atoms with Crippen molar-refractivity contribution in [1.29, 1.82) is 0 Å². The van der Waals surface area contributed by atoms with E-state index in [0.29, 0.717) is 5.92 Å². The van der Waals surface area contributed by atoms with Gasteiger partial charge in [0.2, 0.25) is 0 Å². The topological polar surface area (TPSA) is 22.1 Å². The summed E-state index contributed by atoms with van der Waals surface area (Å²) >= 11 is 5.37. The molecule has 1 atom stereocenters. The van der Waals surface area contributed by atoms with Crippen LogP contribution in [-0.2, 0) is 4.74 Å². The Labute approximate surface area is 126 Å². The molecule has 1 aromatic heterocycles. The summed E-state index contributed by atoms with van der Waals surface area (Å²) in [5.74, 6) is 0.669. The average Bonchev–Trinajstić information content (AvgIpc) is 3.15. The zero-order valence-electron chi connectivity index (χ0n) is 11.0. The number of methoxy groups -OCH3 is 1. The van der Waals surface area contributed by atoms with Crippen LogP contribution < -0.4 is 0 Å². The Balaban J connectivity index is 1.99. The van der Waals surface area contributed by atoms with E-state index in [2.05, 4.69) is 35.0 Å². The summed E-state index contributed by atoms with van der Waals surface area (Å²) in [6.45, 7) is 2.13. The van der Waals surface area contributed by atoms with Gasteiger partial charge >= 0.3 is 0 Å². The molecule has 1 aliphatic rings. The molecule has 0 radical (unpaired) electrons. The number of hydrogen-bond acceptors (Lipinski definition) is 3. The molecule has 1 unspecified atom stereocenters. The molecule has 1 aliphatic carbocycles. The predicted octanol–water partition coefficient (Wildman–Crippen LogP) is 4.98. The van der Waals surface area contributed by atoms with Gasteiger partial charge in [-0.2, -0.15) is 0 Å². The van der Waals surface area contributed by atoms with E-state index < -0.39 is 0 Å². The third kappa shape index (κ3) is 2.62. The van der Waals surface area contributed by atoms with E-state index >= 15 is 0 Å². The van der Waals surface area contributed by atoms with Gasteiger partial charge in [0.1, 0.15) is 11.1 Å². The summed E-state index contributed by atoms with van der Waals surface area (Å²) in [5, 5.41) is 1.12. The maximum Gasteiger partial charge on any atom is 0.123 e. The monoisotopic (exact) mass is 337 g/mol. The van der Waals surface area contributed by atoms with Crippen LogP contribution in [-0.4, -0.2) is 12.1 Å². The van der Waals surface area contributed by atoms with Crippen molar-refractivity contribution in [2.24, 2.45) is 5.92 Å². The Kier molecular flexibility index (Phi) is 3.74. The van der Waals surface area contributed by atoms with Gasteiger partial charge in [0.05, 0.1) is 5.69 Å². The lowest BCUT2D eigenvalue weighted by atomic mass is 10.1. The molecule has 4 heteroatoms. The SMILES string of the molecule is COC(c1nc(-c2ccccc2Br)c(C)s1)C1CC1. The third-order valence-electron chi connectivity index (χ3n) is 3.49. The number of ether oxygens (including phenoxy) is 1. The van der Waals surface area contributed by atoms with Gasteiger partial charge in [-0.3, -0.25) is 0 Å². The van der Waals surface area contributed by atoms with Crippen LogP contribution in [0.1, 0.15) is 28.8 Å². The molecule has 1 aromatic carbocycles. The normalized spacial score (nSPS) is 16.6. The van der Waals surface area contributed by atoms with E-state index in [1.165, 1.54) is 17.7 Å². The van der Waals surface area contributed by atoms with Crippen LogP contribution >= 0.6 is 27.3 Å². The van der Waals surface area contributed by atoms with Gasteiger partial charge in [-0.1, -0.05) is 34.1 Å². The molecule has 1 saturated carbocycles. The zero-order valence-corrected chi connectivity index (χ0v) is 13.4. The molecule has 2 aromatic rings. The Morgan fingerprint density at radius 1 is 1.37 bits per heavy atom. The van der Waals surface area contributed by atoms with Gasteiger partial charge in [-0.25, -0.2) is 4.98 Å². The summed E-state index contributed by atoms with van der Waals surface area (Å²) in [4.78, 5) is 6.09. The number of halogens is 1. The molecule has 100 valence electrons. The molecule has 1 fully saturated rings. The number of thiazole rings is 1. The fourth-order valence-corrected chi connectivity index (χ4v) is 3.92. The second kappa shape index (κ2) is 5.35. The summed E-state index contributed by atoms with van der Waals surface area (Å²) in [6, 6.07) is 8.24. The van der Waals surface area contributed by atoms with E-state index in [-0.39, 0.29) is 6.10 Å². The zero-order chi connectivity index (χ0) is 13.4. The quantitative estimate of drug-likeness (QED) is 0.784. The summed E-state index contributed by atoms with van der Waals surface area (Å²) in [6.07, 6.45) is 2.71. The highest BCUT2D eigenvalue weighted by atomic mass is 79.9. The number of hydrogen-bond donors (Lipinski definition) is 0. The first-order valence-electron chi connectivity index (χ1n) is 6.45. The lowest BCUT2D eigenvalue weighted by Crippen LogP contribution is -2.02. The van der Waals surface area contributed by atoms with Crippen LogP contribution in [0.25, 0.3) is 11.3 Å². The van der Waals surface area contributed by atoms with Crippen molar-refractivity contribution < 1.29 is 4.74 Å². The third-order valence-corrected chi connectivity index (χ3v) is 5.21. The number of benzene rings is 1. The summed E-state index contributed by atoms with van der Waals surface area (Å²) in [7, 11) is 1.79. The standard InChI is InChI=1S/C15H16BrNOS/c1-9-13(11-5-3-4-6-12(11)16)17-15(19-9)14(18-2)10-7-8-10/h3-6,10,14H,7-8H2,1-2H3. The Morgan fingerprint density at radius 3 is 2.74 bits per heavy atom. The van der Waals surface area contributed by atoms with Crippen molar-refractivity contribution in [2.45, 2.75) is 25.9 Å². The molecule has 0 aliphatic heterocycles. The van der Waals surface area contributed by atoms with E-state index in [4.69, 9.17) is 9.72 Å². The van der Waals surface area contributed by atoms with Crippen molar-refractivity contribution in [2.75, 3.05) is 7.11 Å². The van der Waals surface area contributed by atoms with E-state index in [0.717, 1.165) is 20.7 Å².